The number of allylic oxidation sites excluding steroid dienone is 1. The van der Waals surface area contributed by atoms with E-state index in [-0.39, 0.29) is 0 Å². The van der Waals surface area contributed by atoms with Crippen molar-refractivity contribution in [2.45, 2.75) is 54.0 Å². The third-order valence-corrected chi connectivity index (χ3v) is 6.17. The molecule has 0 unspecified atom stereocenters. The second kappa shape index (κ2) is 7.70. The van der Waals surface area contributed by atoms with E-state index in [1.54, 1.807) is 0 Å². The largest absolute Gasteiger partial charge is 0.478 e. The summed E-state index contributed by atoms with van der Waals surface area (Å²) in [5, 5.41) is 10.6. The van der Waals surface area contributed by atoms with E-state index in [0.29, 0.717) is 29.7 Å². The molecule has 0 saturated carbocycles. The van der Waals surface area contributed by atoms with Gasteiger partial charge < -0.3 is 5.11 Å². The molecule has 0 heterocycles. The zero-order valence-electron chi connectivity index (χ0n) is 12.2. The van der Waals surface area contributed by atoms with Crippen molar-refractivity contribution in [3.63, 3.8) is 0 Å². The van der Waals surface area contributed by atoms with Crippen LogP contribution in [0.25, 0.3) is 0 Å². The van der Waals surface area contributed by atoms with Crippen LogP contribution in [0.5, 0.6) is 0 Å². The van der Waals surface area contributed by atoms with Gasteiger partial charge in [0.25, 0.3) is 0 Å². The Morgan fingerprint density at radius 2 is 1.59 bits per heavy atom. The highest BCUT2D eigenvalue weighted by Crippen LogP contribution is 2.22. The first-order chi connectivity index (χ1) is 7.75. The topological polar surface area (TPSA) is 37.3 Å². The van der Waals surface area contributed by atoms with Gasteiger partial charge in [0.05, 0.1) is 9.52 Å². The molecule has 0 radical (unpaired) electrons. The summed E-state index contributed by atoms with van der Waals surface area (Å²) in [4.78, 5) is 11.4. The SMILES string of the molecule is CC(C)C[SiH2]C(=C(CC(C)C)C(=O)O)C(C)C. The van der Waals surface area contributed by atoms with Gasteiger partial charge in [0.2, 0.25) is 0 Å². The van der Waals surface area contributed by atoms with E-state index in [1.807, 2.05) is 0 Å². The Labute approximate surface area is 108 Å². The highest BCUT2D eigenvalue weighted by atomic mass is 28.2. The molecule has 2 nitrogen and oxygen atoms in total. The van der Waals surface area contributed by atoms with Crippen LogP contribution in [0.1, 0.15) is 48.0 Å². The average Bonchev–Trinajstić information content (AvgIpc) is 2.14. The van der Waals surface area contributed by atoms with E-state index in [4.69, 9.17) is 0 Å². The lowest BCUT2D eigenvalue weighted by atomic mass is 9.99. The van der Waals surface area contributed by atoms with Crippen LogP contribution in [0.3, 0.4) is 0 Å². The molecule has 0 bridgehead atoms. The summed E-state index contributed by atoms with van der Waals surface area (Å²) in [6.45, 7) is 12.9. The molecule has 17 heavy (non-hydrogen) atoms. The number of carboxylic acids is 1. The number of hydrogen-bond acceptors (Lipinski definition) is 1. The number of hydrogen-bond donors (Lipinski definition) is 1. The smallest absolute Gasteiger partial charge is 0.331 e. The van der Waals surface area contributed by atoms with Crippen LogP contribution in [0.4, 0.5) is 0 Å². The zero-order valence-corrected chi connectivity index (χ0v) is 13.6. The van der Waals surface area contributed by atoms with Gasteiger partial charge in [-0.25, -0.2) is 4.79 Å². The van der Waals surface area contributed by atoms with Crippen molar-refractivity contribution < 1.29 is 9.90 Å². The summed E-state index contributed by atoms with van der Waals surface area (Å²) in [6, 6.07) is 1.21. The molecule has 0 aliphatic carbocycles. The van der Waals surface area contributed by atoms with Gasteiger partial charge in [-0.05, 0) is 24.2 Å². The number of rotatable bonds is 7. The minimum absolute atomic E-state index is 0.394. The fourth-order valence-corrected chi connectivity index (χ4v) is 4.06. The van der Waals surface area contributed by atoms with E-state index >= 15 is 0 Å². The fourth-order valence-electron chi connectivity index (χ4n) is 2.00. The second-order valence-electron chi connectivity index (χ2n) is 5.99. The molecule has 3 heteroatoms. The van der Waals surface area contributed by atoms with Crippen molar-refractivity contribution in [1.29, 1.82) is 0 Å². The molecule has 0 amide bonds. The molecule has 0 atom stereocenters. The minimum atomic E-state index is -0.696. The van der Waals surface area contributed by atoms with Gasteiger partial charge in [-0.15, -0.1) is 0 Å². The van der Waals surface area contributed by atoms with E-state index in [1.165, 1.54) is 11.2 Å². The molecule has 0 aliphatic heterocycles. The van der Waals surface area contributed by atoms with Crippen molar-refractivity contribution in [2.24, 2.45) is 17.8 Å². The highest BCUT2D eigenvalue weighted by molar-refractivity contribution is 6.46. The maximum absolute atomic E-state index is 11.4. The first kappa shape index (κ1) is 16.4. The molecule has 0 aromatic heterocycles. The second-order valence-corrected chi connectivity index (χ2v) is 7.83. The Bertz CT molecular complexity index is 278. The predicted molar refractivity (Wildman–Crippen MR) is 77.1 cm³/mol. The van der Waals surface area contributed by atoms with E-state index in [9.17, 15) is 9.90 Å². The zero-order chi connectivity index (χ0) is 13.6. The van der Waals surface area contributed by atoms with Gasteiger partial charge in [0.1, 0.15) is 0 Å². The third-order valence-electron chi connectivity index (χ3n) is 2.95. The molecule has 100 valence electrons. The van der Waals surface area contributed by atoms with Crippen LogP contribution in [0.15, 0.2) is 10.8 Å². The van der Waals surface area contributed by atoms with Crippen LogP contribution in [0, 0.1) is 17.8 Å². The highest BCUT2D eigenvalue weighted by Gasteiger charge is 2.18. The molecule has 0 fully saturated rings. The predicted octanol–water partition coefficient (Wildman–Crippen LogP) is 3.27. The monoisotopic (exact) mass is 256 g/mol. The lowest BCUT2D eigenvalue weighted by Gasteiger charge is -2.18. The number of aliphatic carboxylic acids is 1. The maximum atomic E-state index is 11.4. The molecule has 0 aromatic carbocycles. The minimum Gasteiger partial charge on any atom is -0.478 e. The van der Waals surface area contributed by atoms with E-state index in [2.05, 4.69) is 41.5 Å². The van der Waals surface area contributed by atoms with Crippen LogP contribution >= 0.6 is 0 Å². The van der Waals surface area contributed by atoms with Gasteiger partial charge in [-0.2, -0.15) is 0 Å². The van der Waals surface area contributed by atoms with E-state index in [0.717, 1.165) is 0 Å². The Morgan fingerprint density at radius 1 is 1.06 bits per heavy atom. The van der Waals surface area contributed by atoms with Crippen molar-refractivity contribution in [3.8, 4) is 0 Å². The molecule has 0 rings (SSSR count). The summed E-state index contributed by atoms with van der Waals surface area (Å²) < 4.78 is 0. The Kier molecular flexibility index (Phi) is 7.44. The van der Waals surface area contributed by atoms with Gasteiger partial charge in [-0.1, -0.05) is 52.8 Å². The standard InChI is InChI=1S/C14H28O2Si/c1-9(2)7-12(14(15)16)13(11(5)6)17-8-10(3)4/h9-11H,7-8,17H2,1-6H3,(H,15,16). The van der Waals surface area contributed by atoms with E-state index < -0.39 is 15.5 Å². The lowest BCUT2D eigenvalue weighted by molar-refractivity contribution is -0.133. The summed E-state index contributed by atoms with van der Waals surface area (Å²) >= 11 is 0. The molecular formula is C14H28O2Si. The third kappa shape index (κ3) is 6.67. The number of carbonyl (C=O) groups is 1. The number of carboxylic acid groups (broad SMARTS) is 1. The van der Waals surface area contributed by atoms with Gasteiger partial charge >= 0.3 is 5.97 Å². The van der Waals surface area contributed by atoms with Crippen molar-refractivity contribution in [3.05, 3.63) is 10.8 Å². The van der Waals surface area contributed by atoms with Gasteiger partial charge in [-0.3, -0.25) is 0 Å². The first-order valence-corrected chi connectivity index (χ1v) is 8.41. The van der Waals surface area contributed by atoms with Crippen LogP contribution in [-0.2, 0) is 4.79 Å². The Hall–Kier alpha value is -0.573. The summed E-state index contributed by atoms with van der Waals surface area (Å²) in [7, 11) is -0.404. The van der Waals surface area contributed by atoms with Crippen molar-refractivity contribution in [1.82, 2.24) is 0 Å². The molecular weight excluding hydrogens is 228 g/mol. The van der Waals surface area contributed by atoms with Gasteiger partial charge in [0, 0.05) is 5.57 Å². The molecule has 0 aliphatic rings. The average molecular weight is 256 g/mol. The molecule has 0 saturated heterocycles. The normalized spacial score (nSPS) is 14.2. The van der Waals surface area contributed by atoms with Crippen LogP contribution < -0.4 is 0 Å². The molecule has 0 aromatic rings. The molecule has 0 spiro atoms. The Morgan fingerprint density at radius 3 is 1.88 bits per heavy atom. The van der Waals surface area contributed by atoms with Crippen molar-refractivity contribution in [2.75, 3.05) is 0 Å². The summed E-state index contributed by atoms with van der Waals surface area (Å²) in [5.74, 6) is 0.802. The van der Waals surface area contributed by atoms with Crippen LogP contribution in [0.2, 0.25) is 6.04 Å². The summed E-state index contributed by atoms with van der Waals surface area (Å²) in [6.07, 6.45) is 0.716. The quantitative estimate of drug-likeness (QED) is 0.561. The first-order valence-electron chi connectivity index (χ1n) is 6.70. The lowest BCUT2D eigenvalue weighted by Crippen LogP contribution is -2.16. The summed E-state index contributed by atoms with van der Waals surface area (Å²) in [5.41, 5.74) is 0.710. The van der Waals surface area contributed by atoms with Crippen LogP contribution in [-0.4, -0.2) is 20.6 Å². The Balaban J connectivity index is 5.05. The van der Waals surface area contributed by atoms with Crippen molar-refractivity contribution >= 4 is 15.5 Å². The fraction of sp³-hybridized carbons (Fsp3) is 0.786. The molecule has 1 N–H and O–H groups in total. The van der Waals surface area contributed by atoms with Gasteiger partial charge in [0.15, 0.2) is 0 Å². The maximum Gasteiger partial charge on any atom is 0.331 e.